The molecule has 0 saturated heterocycles. The molecule has 0 bridgehead atoms. The van der Waals surface area contributed by atoms with Gasteiger partial charge in [0.15, 0.2) is 0 Å². The minimum Gasteiger partial charge on any atom is -0.329 e. The number of aromatic nitrogens is 2. The predicted octanol–water partition coefficient (Wildman–Crippen LogP) is 7.52. The van der Waals surface area contributed by atoms with E-state index in [1.807, 2.05) is 37.3 Å². The first-order valence-electron chi connectivity index (χ1n) is 13.2. The molecule has 1 aromatic heterocycles. The Labute approximate surface area is 227 Å². The van der Waals surface area contributed by atoms with Crippen molar-refractivity contribution in [3.8, 4) is 5.69 Å². The Morgan fingerprint density at radius 1 is 1.03 bits per heavy atom. The first-order valence-corrected chi connectivity index (χ1v) is 13.6. The number of unbranched alkanes of at least 4 members (excludes halogenated alkanes) is 2. The lowest BCUT2D eigenvalue weighted by molar-refractivity contribution is 0.0678. The van der Waals surface area contributed by atoms with E-state index in [9.17, 15) is 14.0 Å². The molecule has 1 amide bonds. The summed E-state index contributed by atoms with van der Waals surface area (Å²) in [4.78, 5) is 34.2. The van der Waals surface area contributed by atoms with Gasteiger partial charge < -0.3 is 4.90 Å². The maximum atomic E-state index is 14.0. The van der Waals surface area contributed by atoms with Crippen LogP contribution in [0.5, 0.6) is 0 Å². The van der Waals surface area contributed by atoms with Crippen LogP contribution < -0.4 is 5.56 Å². The zero-order valence-electron chi connectivity index (χ0n) is 22.1. The highest BCUT2D eigenvalue weighted by Gasteiger charge is 2.27. The summed E-state index contributed by atoms with van der Waals surface area (Å²) in [5, 5.41) is 0.334. The summed E-state index contributed by atoms with van der Waals surface area (Å²) < 4.78 is 15.4. The fourth-order valence-electron chi connectivity index (χ4n) is 4.60. The maximum Gasteiger partial charge on any atom is 0.266 e. The van der Waals surface area contributed by atoms with Gasteiger partial charge >= 0.3 is 0 Å². The van der Waals surface area contributed by atoms with Crippen LogP contribution in [0.15, 0.2) is 71.5 Å². The molecule has 0 radical (unpaired) electrons. The smallest absolute Gasteiger partial charge is 0.266 e. The van der Waals surface area contributed by atoms with Crippen molar-refractivity contribution in [3.05, 3.63) is 105 Å². The molecule has 7 heteroatoms. The van der Waals surface area contributed by atoms with Crippen LogP contribution >= 0.6 is 11.6 Å². The third kappa shape index (κ3) is 5.81. The molecule has 3 aromatic carbocycles. The molecule has 38 heavy (non-hydrogen) atoms. The minimum absolute atomic E-state index is 0.0942. The van der Waals surface area contributed by atoms with Crippen molar-refractivity contribution in [3.63, 3.8) is 0 Å². The van der Waals surface area contributed by atoms with Crippen LogP contribution in [0.3, 0.4) is 0 Å². The largest absolute Gasteiger partial charge is 0.329 e. The van der Waals surface area contributed by atoms with Gasteiger partial charge in [-0.1, -0.05) is 62.6 Å². The Bertz CT molecular complexity index is 1480. The van der Waals surface area contributed by atoms with Crippen molar-refractivity contribution in [1.29, 1.82) is 0 Å². The molecule has 1 unspecified atom stereocenters. The molecule has 1 atom stereocenters. The number of halogens is 2. The second-order valence-electron chi connectivity index (χ2n) is 9.55. The molecule has 4 rings (SSSR count). The molecule has 0 aliphatic heterocycles. The van der Waals surface area contributed by atoms with Crippen molar-refractivity contribution >= 4 is 28.4 Å². The molecule has 0 aliphatic carbocycles. The first kappa shape index (κ1) is 27.5. The van der Waals surface area contributed by atoms with Crippen LogP contribution in [-0.2, 0) is 6.42 Å². The zero-order valence-corrected chi connectivity index (χ0v) is 22.8. The number of nitrogens with zero attached hydrogens (tertiary/aromatic N) is 3. The van der Waals surface area contributed by atoms with E-state index in [4.69, 9.17) is 16.6 Å². The van der Waals surface area contributed by atoms with Crippen molar-refractivity contribution in [2.45, 2.75) is 58.9 Å². The molecule has 0 aliphatic rings. The number of amides is 1. The number of fused-ring (bicyclic) bond motifs is 1. The van der Waals surface area contributed by atoms with Gasteiger partial charge in [-0.05, 0) is 74.2 Å². The van der Waals surface area contributed by atoms with Gasteiger partial charge in [-0.25, -0.2) is 9.37 Å². The molecule has 198 valence electrons. The van der Waals surface area contributed by atoms with Gasteiger partial charge in [0.2, 0.25) is 0 Å². The SMILES string of the molecule is CCCCc1ccc(C(=O)N(CCCC)C(C)c2nc3ccccc3c(=O)n2-c2ccc(F)c(Cl)c2)cc1. The number of para-hydroxylation sites is 1. The fourth-order valence-corrected chi connectivity index (χ4v) is 4.78. The molecule has 0 N–H and O–H groups in total. The normalized spacial score (nSPS) is 12.0. The molecule has 0 fully saturated rings. The highest BCUT2D eigenvalue weighted by Crippen LogP contribution is 2.27. The number of carbonyl (C=O) groups excluding carboxylic acids is 1. The van der Waals surface area contributed by atoms with Gasteiger partial charge in [-0.2, -0.15) is 0 Å². The standard InChI is InChI=1S/C31H33ClFN3O2/c1-4-6-10-22-13-15-23(16-14-22)30(37)35(19-7-5-2)21(3)29-34-28-12-9-8-11-25(28)31(38)36(29)24-17-18-27(33)26(32)20-24/h8-9,11-18,20-21H,4-7,10,19H2,1-3H3. The van der Waals surface area contributed by atoms with E-state index < -0.39 is 11.9 Å². The van der Waals surface area contributed by atoms with E-state index in [2.05, 4.69) is 13.8 Å². The zero-order chi connectivity index (χ0) is 27.2. The van der Waals surface area contributed by atoms with Gasteiger partial charge in [0, 0.05) is 12.1 Å². The second-order valence-corrected chi connectivity index (χ2v) is 9.96. The lowest BCUT2D eigenvalue weighted by atomic mass is 10.0. The Balaban J connectivity index is 1.82. The number of hydrogen-bond donors (Lipinski definition) is 0. The van der Waals surface area contributed by atoms with Crippen LogP contribution in [0, 0.1) is 5.82 Å². The number of hydrogen-bond acceptors (Lipinski definition) is 3. The van der Waals surface area contributed by atoms with Gasteiger partial charge in [-0.3, -0.25) is 14.2 Å². The Morgan fingerprint density at radius 3 is 2.42 bits per heavy atom. The Morgan fingerprint density at radius 2 is 1.74 bits per heavy atom. The van der Waals surface area contributed by atoms with Crippen LogP contribution in [0.25, 0.3) is 16.6 Å². The summed E-state index contributed by atoms with van der Waals surface area (Å²) in [5.41, 5.74) is 2.42. The predicted molar refractivity (Wildman–Crippen MR) is 152 cm³/mol. The number of rotatable bonds is 10. The van der Waals surface area contributed by atoms with E-state index >= 15 is 0 Å². The molecular weight excluding hydrogens is 501 g/mol. The van der Waals surface area contributed by atoms with E-state index in [1.54, 1.807) is 23.1 Å². The van der Waals surface area contributed by atoms with Gasteiger partial charge in [0.25, 0.3) is 11.5 Å². The third-order valence-electron chi connectivity index (χ3n) is 6.84. The van der Waals surface area contributed by atoms with Gasteiger partial charge in [0.05, 0.1) is 27.7 Å². The summed E-state index contributed by atoms with van der Waals surface area (Å²) >= 11 is 6.10. The van der Waals surface area contributed by atoms with Crippen molar-refractivity contribution in [2.24, 2.45) is 0 Å². The lowest BCUT2D eigenvalue weighted by Gasteiger charge is -2.31. The number of aryl methyl sites for hydroxylation is 1. The number of carbonyl (C=O) groups is 1. The fraction of sp³-hybridized carbons (Fsp3) is 0.323. The van der Waals surface area contributed by atoms with Crippen molar-refractivity contribution in [2.75, 3.05) is 6.54 Å². The average molecular weight is 534 g/mol. The second kappa shape index (κ2) is 12.4. The van der Waals surface area contributed by atoms with Crippen molar-refractivity contribution in [1.82, 2.24) is 14.5 Å². The monoisotopic (exact) mass is 533 g/mol. The third-order valence-corrected chi connectivity index (χ3v) is 7.13. The summed E-state index contributed by atoms with van der Waals surface area (Å²) in [6, 6.07) is 18.5. The van der Waals surface area contributed by atoms with E-state index in [-0.39, 0.29) is 16.5 Å². The molecule has 1 heterocycles. The summed E-state index contributed by atoms with van der Waals surface area (Å²) in [7, 11) is 0. The molecular formula is C31H33ClFN3O2. The number of benzene rings is 3. The van der Waals surface area contributed by atoms with Gasteiger partial charge in [0.1, 0.15) is 11.6 Å². The van der Waals surface area contributed by atoms with Crippen LogP contribution in [0.4, 0.5) is 4.39 Å². The molecule has 5 nitrogen and oxygen atoms in total. The highest BCUT2D eigenvalue weighted by molar-refractivity contribution is 6.30. The lowest BCUT2D eigenvalue weighted by Crippen LogP contribution is -2.38. The molecule has 0 saturated carbocycles. The van der Waals surface area contributed by atoms with E-state index in [0.29, 0.717) is 34.5 Å². The van der Waals surface area contributed by atoms with Crippen LogP contribution in [0.2, 0.25) is 5.02 Å². The van der Waals surface area contributed by atoms with Crippen LogP contribution in [-0.4, -0.2) is 26.9 Å². The summed E-state index contributed by atoms with van der Waals surface area (Å²) in [5.74, 6) is -0.312. The van der Waals surface area contributed by atoms with Crippen molar-refractivity contribution < 1.29 is 9.18 Å². The highest BCUT2D eigenvalue weighted by atomic mass is 35.5. The van der Waals surface area contributed by atoms with Gasteiger partial charge in [-0.15, -0.1) is 0 Å². The Kier molecular flexibility index (Phi) is 8.95. The summed E-state index contributed by atoms with van der Waals surface area (Å²) in [6.07, 6.45) is 4.89. The van der Waals surface area contributed by atoms with E-state index in [1.165, 1.54) is 28.3 Å². The maximum absolute atomic E-state index is 14.0. The average Bonchev–Trinajstić information content (AvgIpc) is 2.93. The summed E-state index contributed by atoms with van der Waals surface area (Å²) in [6.45, 7) is 6.61. The topological polar surface area (TPSA) is 55.2 Å². The minimum atomic E-state index is -0.575. The first-order chi connectivity index (χ1) is 18.3. The van der Waals surface area contributed by atoms with Crippen LogP contribution in [0.1, 0.15) is 74.2 Å². The molecule has 0 spiro atoms. The van der Waals surface area contributed by atoms with E-state index in [0.717, 1.165) is 32.1 Å². The Hall–Kier alpha value is -3.51. The quantitative estimate of drug-likeness (QED) is 0.212. The molecule has 4 aromatic rings.